The van der Waals surface area contributed by atoms with E-state index in [-0.39, 0.29) is 0 Å². The van der Waals surface area contributed by atoms with E-state index in [0.29, 0.717) is 11.5 Å². The highest BCUT2D eigenvalue weighted by molar-refractivity contribution is 9.10. The van der Waals surface area contributed by atoms with Crippen molar-refractivity contribution in [3.05, 3.63) is 22.1 Å². The Labute approximate surface area is 91.8 Å². The fraction of sp³-hybridized carbons (Fsp3) is 0.250. The molecule has 0 fully saturated rings. The molecule has 0 radical (unpaired) electrons. The van der Waals surface area contributed by atoms with Gasteiger partial charge in [-0.15, -0.1) is 0 Å². The van der Waals surface area contributed by atoms with Crippen LogP contribution in [0.2, 0.25) is 0 Å². The van der Waals surface area contributed by atoms with Gasteiger partial charge in [0.25, 0.3) is 0 Å². The van der Waals surface area contributed by atoms with E-state index in [0.717, 1.165) is 21.1 Å². The maximum absolute atomic E-state index is 5.42. The third kappa shape index (κ3) is 1.62. The Morgan fingerprint density at radius 2 is 2.23 bits per heavy atom. The zero-order valence-corrected chi connectivity index (χ0v) is 10.0. The Balaban J connectivity index is 2.80. The van der Waals surface area contributed by atoms with Crippen LogP contribution in [0.3, 0.4) is 0 Å². The van der Waals surface area contributed by atoms with Crippen LogP contribution < -0.4 is 0 Å². The summed E-state index contributed by atoms with van der Waals surface area (Å²) in [7, 11) is 0. The summed E-state index contributed by atoms with van der Waals surface area (Å²) in [6.45, 7) is 1.81. The van der Waals surface area contributed by atoms with Crippen LogP contribution in [0.5, 0.6) is 0 Å². The number of oxazole rings is 1. The minimum Gasteiger partial charge on any atom is -0.439 e. The normalized spacial score (nSPS) is 11.0. The number of hydrogen-bond acceptors (Lipinski definition) is 3. The largest absolute Gasteiger partial charge is 0.439 e. The zero-order chi connectivity index (χ0) is 9.42. The van der Waals surface area contributed by atoms with E-state index in [1.807, 2.05) is 13.0 Å². The molecule has 0 aliphatic carbocycles. The predicted molar refractivity (Wildman–Crippen MR) is 56.9 cm³/mol. The molecular formula is C8H6Br2N2O. The van der Waals surface area contributed by atoms with E-state index in [2.05, 4.69) is 41.8 Å². The standard InChI is InChI=1S/C8H6Br2N2O/c1-4-11-8-7(13-4)5(3-9)2-6(10)12-8/h2H,3H2,1H3. The first kappa shape index (κ1) is 9.15. The number of aromatic nitrogens is 2. The quantitative estimate of drug-likeness (QED) is 0.600. The lowest BCUT2D eigenvalue weighted by atomic mass is 10.3. The molecule has 0 saturated carbocycles. The number of aryl methyl sites for hydroxylation is 1. The number of alkyl halides is 1. The first-order valence-electron chi connectivity index (χ1n) is 3.69. The summed E-state index contributed by atoms with van der Waals surface area (Å²) >= 11 is 6.71. The minimum absolute atomic E-state index is 0.641. The van der Waals surface area contributed by atoms with Crippen LogP contribution in [0.15, 0.2) is 15.1 Å². The van der Waals surface area contributed by atoms with Crippen molar-refractivity contribution in [3.8, 4) is 0 Å². The van der Waals surface area contributed by atoms with Crippen molar-refractivity contribution in [1.82, 2.24) is 9.97 Å². The van der Waals surface area contributed by atoms with Crippen LogP contribution in [-0.4, -0.2) is 9.97 Å². The summed E-state index contributed by atoms with van der Waals surface area (Å²) in [5.74, 6) is 0.641. The minimum atomic E-state index is 0.641. The fourth-order valence-corrected chi connectivity index (χ4v) is 2.00. The van der Waals surface area contributed by atoms with Crippen LogP contribution in [0.1, 0.15) is 11.5 Å². The van der Waals surface area contributed by atoms with Gasteiger partial charge in [0, 0.05) is 17.8 Å². The molecule has 0 aromatic carbocycles. The van der Waals surface area contributed by atoms with Crippen LogP contribution in [0.4, 0.5) is 0 Å². The number of nitrogens with zero attached hydrogens (tertiary/aromatic N) is 2. The number of fused-ring (bicyclic) bond motifs is 1. The molecule has 2 heterocycles. The van der Waals surface area contributed by atoms with E-state index in [1.165, 1.54) is 0 Å². The van der Waals surface area contributed by atoms with Crippen molar-refractivity contribution >= 4 is 43.1 Å². The average molecular weight is 306 g/mol. The molecular weight excluding hydrogens is 300 g/mol. The number of pyridine rings is 1. The van der Waals surface area contributed by atoms with Gasteiger partial charge in [-0.2, -0.15) is 4.98 Å². The smallest absolute Gasteiger partial charge is 0.200 e. The lowest BCUT2D eigenvalue weighted by Crippen LogP contribution is -1.84. The molecule has 5 heteroatoms. The molecule has 2 aromatic rings. The number of hydrogen-bond donors (Lipinski definition) is 0. The highest BCUT2D eigenvalue weighted by Crippen LogP contribution is 2.23. The molecule has 13 heavy (non-hydrogen) atoms. The van der Waals surface area contributed by atoms with Gasteiger partial charge in [-0.25, -0.2) is 4.98 Å². The monoisotopic (exact) mass is 304 g/mol. The number of halogens is 2. The van der Waals surface area contributed by atoms with Gasteiger partial charge in [0.15, 0.2) is 17.1 Å². The van der Waals surface area contributed by atoms with Gasteiger partial charge < -0.3 is 4.42 Å². The van der Waals surface area contributed by atoms with Gasteiger partial charge in [-0.05, 0) is 22.0 Å². The molecule has 0 unspecified atom stereocenters. The van der Waals surface area contributed by atoms with Gasteiger partial charge in [0.1, 0.15) is 4.60 Å². The molecule has 0 bridgehead atoms. The molecule has 0 amide bonds. The summed E-state index contributed by atoms with van der Waals surface area (Å²) in [5.41, 5.74) is 2.47. The Morgan fingerprint density at radius 3 is 2.92 bits per heavy atom. The zero-order valence-electron chi connectivity index (χ0n) is 6.84. The second-order valence-electron chi connectivity index (χ2n) is 2.62. The fourth-order valence-electron chi connectivity index (χ4n) is 1.14. The van der Waals surface area contributed by atoms with Gasteiger partial charge in [-0.3, -0.25) is 0 Å². The van der Waals surface area contributed by atoms with Crippen molar-refractivity contribution < 1.29 is 4.42 Å². The van der Waals surface area contributed by atoms with E-state index >= 15 is 0 Å². The van der Waals surface area contributed by atoms with Crippen molar-refractivity contribution in [1.29, 1.82) is 0 Å². The van der Waals surface area contributed by atoms with Crippen molar-refractivity contribution in [2.45, 2.75) is 12.3 Å². The molecule has 68 valence electrons. The highest BCUT2D eigenvalue weighted by Gasteiger charge is 2.09. The Morgan fingerprint density at radius 1 is 1.46 bits per heavy atom. The lowest BCUT2D eigenvalue weighted by Gasteiger charge is -1.95. The highest BCUT2D eigenvalue weighted by atomic mass is 79.9. The summed E-state index contributed by atoms with van der Waals surface area (Å²) in [6, 6.07) is 1.92. The summed E-state index contributed by atoms with van der Waals surface area (Å²) < 4.78 is 6.20. The van der Waals surface area contributed by atoms with Gasteiger partial charge in [0.2, 0.25) is 0 Å². The molecule has 3 nitrogen and oxygen atoms in total. The van der Waals surface area contributed by atoms with Crippen molar-refractivity contribution in [2.75, 3.05) is 0 Å². The van der Waals surface area contributed by atoms with Gasteiger partial charge in [0.05, 0.1) is 0 Å². The van der Waals surface area contributed by atoms with E-state index < -0.39 is 0 Å². The van der Waals surface area contributed by atoms with Gasteiger partial charge in [-0.1, -0.05) is 15.9 Å². The molecule has 0 atom stereocenters. The average Bonchev–Trinajstić information content (AvgIpc) is 2.43. The first-order chi connectivity index (χ1) is 6.20. The van der Waals surface area contributed by atoms with Crippen molar-refractivity contribution in [3.63, 3.8) is 0 Å². The third-order valence-electron chi connectivity index (χ3n) is 1.66. The molecule has 0 saturated heterocycles. The first-order valence-corrected chi connectivity index (χ1v) is 5.60. The van der Waals surface area contributed by atoms with Crippen molar-refractivity contribution in [2.24, 2.45) is 0 Å². The van der Waals surface area contributed by atoms with E-state index in [4.69, 9.17) is 4.42 Å². The Hall–Kier alpha value is -0.420. The summed E-state index contributed by atoms with van der Waals surface area (Å²) in [4.78, 5) is 8.35. The maximum Gasteiger partial charge on any atom is 0.200 e. The third-order valence-corrected chi connectivity index (χ3v) is 2.67. The predicted octanol–water partition coefficient (Wildman–Crippen LogP) is 3.19. The Kier molecular flexibility index (Phi) is 2.38. The molecule has 0 N–H and O–H groups in total. The second-order valence-corrected chi connectivity index (χ2v) is 4.00. The van der Waals surface area contributed by atoms with E-state index in [9.17, 15) is 0 Å². The summed E-state index contributed by atoms with van der Waals surface area (Å²) in [6.07, 6.45) is 0. The van der Waals surface area contributed by atoms with Crippen LogP contribution in [0, 0.1) is 6.92 Å². The number of rotatable bonds is 1. The Bertz CT molecular complexity index is 453. The van der Waals surface area contributed by atoms with E-state index in [1.54, 1.807) is 0 Å². The van der Waals surface area contributed by atoms with Gasteiger partial charge >= 0.3 is 0 Å². The maximum atomic E-state index is 5.42. The molecule has 0 spiro atoms. The summed E-state index contributed by atoms with van der Waals surface area (Å²) in [5, 5.41) is 0.735. The topological polar surface area (TPSA) is 38.9 Å². The van der Waals surface area contributed by atoms with Crippen LogP contribution in [-0.2, 0) is 5.33 Å². The molecule has 0 aliphatic rings. The SMILES string of the molecule is Cc1nc2nc(Br)cc(CBr)c2o1. The molecule has 2 rings (SSSR count). The molecule has 0 aliphatic heterocycles. The second kappa shape index (κ2) is 3.38. The van der Waals surface area contributed by atoms with Crippen LogP contribution >= 0.6 is 31.9 Å². The lowest BCUT2D eigenvalue weighted by molar-refractivity contribution is 0.559. The van der Waals surface area contributed by atoms with Crippen LogP contribution in [0.25, 0.3) is 11.2 Å². The molecule has 2 aromatic heterocycles.